The lowest BCUT2D eigenvalue weighted by atomic mass is 9.96. The van der Waals surface area contributed by atoms with Gasteiger partial charge in [-0.05, 0) is 35.4 Å². The van der Waals surface area contributed by atoms with Crippen LogP contribution in [0.4, 0.5) is 22.0 Å². The van der Waals surface area contributed by atoms with Crippen molar-refractivity contribution in [2.24, 2.45) is 5.92 Å². The molecule has 0 aliphatic heterocycles. The number of carbonyl (C=O) groups excluding carboxylic acids is 1. The molecule has 2 aromatic carbocycles. The summed E-state index contributed by atoms with van der Waals surface area (Å²) in [6.07, 6.45) is -3.05. The number of alkyl halides is 5. The minimum atomic E-state index is -4.63. The number of rotatable bonds is 6. The smallest absolute Gasteiger partial charge is 0.294 e. The fraction of sp³-hybridized carbons (Fsp3) is 0.286. The number of hydrogen-bond acceptors (Lipinski definition) is 1. The Morgan fingerprint density at radius 3 is 2.23 bits per heavy atom. The third-order valence-corrected chi connectivity index (χ3v) is 6.73. The summed E-state index contributed by atoms with van der Waals surface area (Å²) >= 11 is 20.7. The second-order valence-electron chi connectivity index (χ2n) is 7.21. The summed E-state index contributed by atoms with van der Waals surface area (Å²) in [4.78, 5) is 12.2. The molecule has 0 aromatic heterocycles. The van der Waals surface area contributed by atoms with Gasteiger partial charge in [-0.1, -0.05) is 69.0 Å². The van der Waals surface area contributed by atoms with Crippen LogP contribution in [-0.2, 0) is 0 Å². The van der Waals surface area contributed by atoms with Crippen LogP contribution in [0.1, 0.15) is 40.2 Å². The zero-order valence-electron chi connectivity index (χ0n) is 15.4. The van der Waals surface area contributed by atoms with Crippen LogP contribution in [-0.4, -0.2) is 17.9 Å². The zero-order valence-corrected chi connectivity index (χ0v) is 19.3. The van der Waals surface area contributed by atoms with E-state index in [1.54, 1.807) is 0 Å². The minimum Gasteiger partial charge on any atom is -0.294 e. The quantitative estimate of drug-likeness (QED) is 0.195. The molecule has 2 aromatic rings. The Labute approximate surface area is 198 Å². The predicted octanol–water partition coefficient (Wildman–Crippen LogP) is 9.00. The average Bonchev–Trinajstić information content (AvgIpc) is 3.24. The summed E-state index contributed by atoms with van der Waals surface area (Å²) in [7, 11) is 0. The summed E-state index contributed by atoms with van der Waals surface area (Å²) < 4.78 is 67.3. The number of Topliss-reactive ketones (excluding diaryl/α,β-unsaturated/α-hetero) is 1. The molecule has 2 atom stereocenters. The predicted molar refractivity (Wildman–Crippen MR) is 115 cm³/mol. The van der Waals surface area contributed by atoms with Crippen molar-refractivity contribution in [3.63, 3.8) is 0 Å². The van der Waals surface area contributed by atoms with Crippen LogP contribution in [0.3, 0.4) is 0 Å². The van der Waals surface area contributed by atoms with Gasteiger partial charge in [0.2, 0.25) is 0 Å². The summed E-state index contributed by atoms with van der Waals surface area (Å²) in [6, 6.07) is 6.48. The van der Waals surface area contributed by atoms with Gasteiger partial charge in [0, 0.05) is 28.8 Å². The SMILES string of the molecule is O=C(CC1CC1(F)F)c1ccc(/C=C/C(c2cc(Cl)c(Cl)c(Cl)c2)C(F)(F)F)cc1Br. The van der Waals surface area contributed by atoms with Crippen LogP contribution < -0.4 is 0 Å². The molecule has 1 fully saturated rings. The molecule has 0 heterocycles. The summed E-state index contributed by atoms with van der Waals surface area (Å²) in [5.74, 6) is -6.22. The maximum Gasteiger partial charge on any atom is 0.399 e. The van der Waals surface area contributed by atoms with E-state index in [-0.39, 0.29) is 39.0 Å². The number of ketones is 1. The van der Waals surface area contributed by atoms with Gasteiger partial charge in [0.15, 0.2) is 5.78 Å². The van der Waals surface area contributed by atoms with Gasteiger partial charge in [-0.3, -0.25) is 4.79 Å². The second kappa shape index (κ2) is 9.00. The molecule has 0 N–H and O–H groups in total. The lowest BCUT2D eigenvalue weighted by Crippen LogP contribution is -2.19. The first-order valence-corrected chi connectivity index (χ1v) is 10.8. The fourth-order valence-corrected chi connectivity index (χ4v) is 4.29. The first-order valence-electron chi connectivity index (χ1n) is 8.89. The number of carbonyl (C=O) groups is 1. The lowest BCUT2D eigenvalue weighted by molar-refractivity contribution is -0.139. The van der Waals surface area contributed by atoms with Crippen molar-refractivity contribution < 1.29 is 26.7 Å². The van der Waals surface area contributed by atoms with Crippen molar-refractivity contribution in [3.05, 3.63) is 72.6 Å². The molecule has 31 heavy (non-hydrogen) atoms. The highest BCUT2D eigenvalue weighted by Crippen LogP contribution is 2.51. The van der Waals surface area contributed by atoms with E-state index >= 15 is 0 Å². The molecule has 3 rings (SSSR count). The molecule has 0 saturated heterocycles. The van der Waals surface area contributed by atoms with Crippen molar-refractivity contribution >= 4 is 62.6 Å². The minimum absolute atomic E-state index is 0.0369. The molecule has 0 bridgehead atoms. The fourth-order valence-electron chi connectivity index (χ4n) is 3.06. The van der Waals surface area contributed by atoms with E-state index in [2.05, 4.69) is 15.9 Å². The Bertz CT molecular complexity index is 1030. The van der Waals surface area contributed by atoms with Crippen LogP contribution in [0.2, 0.25) is 15.1 Å². The highest BCUT2D eigenvalue weighted by atomic mass is 79.9. The van der Waals surface area contributed by atoms with Gasteiger partial charge in [0.1, 0.15) is 0 Å². The molecule has 0 amide bonds. The van der Waals surface area contributed by atoms with E-state index in [1.807, 2.05) is 0 Å². The third-order valence-electron chi connectivity index (χ3n) is 4.88. The molecule has 0 spiro atoms. The van der Waals surface area contributed by atoms with Gasteiger partial charge in [-0.25, -0.2) is 8.78 Å². The Morgan fingerprint density at radius 1 is 1.16 bits per heavy atom. The molecule has 10 heteroatoms. The van der Waals surface area contributed by atoms with Crippen molar-refractivity contribution in [1.82, 2.24) is 0 Å². The van der Waals surface area contributed by atoms with Gasteiger partial charge in [-0.2, -0.15) is 13.2 Å². The van der Waals surface area contributed by atoms with Crippen LogP contribution in [0, 0.1) is 5.92 Å². The molecular weight excluding hydrogens is 549 g/mol. The highest BCUT2D eigenvalue weighted by Gasteiger charge is 2.57. The molecule has 2 unspecified atom stereocenters. The van der Waals surface area contributed by atoms with E-state index in [0.717, 1.165) is 18.2 Å². The van der Waals surface area contributed by atoms with Crippen molar-refractivity contribution in [2.45, 2.75) is 30.9 Å². The normalized spacial score (nSPS) is 18.9. The topological polar surface area (TPSA) is 17.1 Å². The Hall–Kier alpha value is -1.15. The van der Waals surface area contributed by atoms with Gasteiger partial charge in [-0.15, -0.1) is 0 Å². The number of hydrogen-bond donors (Lipinski definition) is 0. The number of benzene rings is 2. The standard InChI is InChI=1S/C21H13BrCl3F5O/c22-15-5-10(1-3-13(15)18(31)8-12-9-20(12,26)27)2-4-14(21(28,29)30)11-6-16(23)19(25)17(24)7-11/h1-7,12,14H,8-9H2/b4-2+. The molecule has 0 radical (unpaired) electrons. The molecular formula is C21H13BrCl3F5O. The average molecular weight is 563 g/mol. The third kappa shape index (κ3) is 5.81. The maximum atomic E-state index is 13.6. The van der Waals surface area contributed by atoms with Crippen LogP contribution in [0.5, 0.6) is 0 Å². The first kappa shape index (κ1) is 24.5. The maximum absolute atomic E-state index is 13.6. The molecule has 1 aliphatic carbocycles. The Balaban J connectivity index is 1.83. The van der Waals surface area contributed by atoms with Gasteiger partial charge < -0.3 is 0 Å². The molecule has 166 valence electrons. The van der Waals surface area contributed by atoms with E-state index < -0.39 is 29.7 Å². The van der Waals surface area contributed by atoms with Gasteiger partial charge in [0.25, 0.3) is 5.92 Å². The van der Waals surface area contributed by atoms with Crippen LogP contribution in [0.15, 0.2) is 40.9 Å². The largest absolute Gasteiger partial charge is 0.399 e. The zero-order chi connectivity index (χ0) is 23.1. The van der Waals surface area contributed by atoms with Gasteiger partial charge >= 0.3 is 6.18 Å². The summed E-state index contributed by atoms with van der Waals surface area (Å²) in [5.41, 5.74) is 0.392. The summed E-state index contributed by atoms with van der Waals surface area (Å²) in [6.45, 7) is 0. The molecule has 1 nitrogen and oxygen atoms in total. The van der Waals surface area contributed by atoms with Crippen molar-refractivity contribution in [1.29, 1.82) is 0 Å². The van der Waals surface area contributed by atoms with Crippen molar-refractivity contribution in [2.75, 3.05) is 0 Å². The van der Waals surface area contributed by atoms with Crippen LogP contribution >= 0.6 is 50.7 Å². The van der Waals surface area contributed by atoms with Crippen LogP contribution in [0.25, 0.3) is 6.08 Å². The lowest BCUT2D eigenvalue weighted by Gasteiger charge is -2.18. The number of allylic oxidation sites excluding steroid dienone is 1. The first-order chi connectivity index (χ1) is 14.3. The second-order valence-corrected chi connectivity index (χ2v) is 9.25. The van der Waals surface area contributed by atoms with E-state index in [9.17, 15) is 26.7 Å². The van der Waals surface area contributed by atoms with E-state index in [4.69, 9.17) is 34.8 Å². The van der Waals surface area contributed by atoms with Gasteiger partial charge in [0.05, 0.1) is 21.0 Å². The highest BCUT2D eigenvalue weighted by molar-refractivity contribution is 9.10. The Morgan fingerprint density at radius 2 is 1.74 bits per heavy atom. The molecule has 1 saturated carbocycles. The molecule has 1 aliphatic rings. The Kier molecular flexibility index (Phi) is 7.11. The van der Waals surface area contributed by atoms with E-state index in [0.29, 0.717) is 10.0 Å². The monoisotopic (exact) mass is 560 g/mol. The number of halogens is 9. The van der Waals surface area contributed by atoms with Crippen molar-refractivity contribution in [3.8, 4) is 0 Å². The van der Waals surface area contributed by atoms with E-state index in [1.165, 1.54) is 24.3 Å². The summed E-state index contributed by atoms with van der Waals surface area (Å²) in [5, 5.41) is -0.234.